The van der Waals surface area contributed by atoms with E-state index in [-0.39, 0.29) is 0 Å². The first-order chi connectivity index (χ1) is 10.2. The molecule has 21 heavy (non-hydrogen) atoms. The first-order valence-electron chi connectivity index (χ1n) is 7.81. The summed E-state index contributed by atoms with van der Waals surface area (Å²) in [6, 6.07) is 17.8. The summed E-state index contributed by atoms with van der Waals surface area (Å²) in [5.74, 6) is 1.41. The second-order valence-corrected chi connectivity index (χ2v) is 6.86. The number of rotatable bonds is 2. The lowest BCUT2D eigenvalue weighted by Crippen LogP contribution is -2.36. The van der Waals surface area contributed by atoms with E-state index in [1.807, 2.05) is 0 Å². The lowest BCUT2D eigenvalue weighted by atomic mass is 9.85. The van der Waals surface area contributed by atoms with Gasteiger partial charge in [-0.3, -0.25) is 4.90 Å². The fourth-order valence-corrected chi connectivity index (χ4v) is 4.49. The van der Waals surface area contributed by atoms with Gasteiger partial charge in [-0.2, -0.15) is 0 Å². The number of likely N-dealkylation sites (tertiary alicyclic amines) is 1. The number of fused-ring (bicyclic) bond motifs is 5. The van der Waals surface area contributed by atoms with Crippen molar-refractivity contribution in [3.8, 4) is 0 Å². The van der Waals surface area contributed by atoms with E-state index in [0.29, 0.717) is 17.9 Å². The summed E-state index contributed by atoms with van der Waals surface area (Å²) in [5.41, 5.74) is 4.40. The molecule has 2 aromatic carbocycles. The molecule has 0 saturated carbocycles. The minimum absolute atomic E-state index is 0.526. The lowest BCUT2D eigenvalue weighted by molar-refractivity contribution is 0.0963. The Morgan fingerprint density at radius 2 is 1.90 bits per heavy atom. The monoisotopic (exact) mass is 297 g/mol. The topological polar surface area (TPSA) is 3.24 Å². The SMILES string of the molecule is C[C@H]1C2CCN(Cc3ccccc3)C1c1cc(Cl)ccc12. The van der Waals surface area contributed by atoms with Crippen LogP contribution in [0.1, 0.15) is 42.0 Å². The zero-order valence-corrected chi connectivity index (χ0v) is 13.1. The highest BCUT2D eigenvalue weighted by Gasteiger charge is 2.44. The molecule has 1 aliphatic heterocycles. The van der Waals surface area contributed by atoms with Crippen molar-refractivity contribution in [2.24, 2.45) is 5.92 Å². The second-order valence-electron chi connectivity index (χ2n) is 6.43. The number of nitrogens with zero attached hydrogens (tertiary/aromatic N) is 1. The molecule has 2 unspecified atom stereocenters. The molecule has 0 aromatic heterocycles. The molecule has 2 bridgehead atoms. The Balaban J connectivity index is 1.69. The van der Waals surface area contributed by atoms with Gasteiger partial charge in [0.05, 0.1) is 0 Å². The molecule has 0 radical (unpaired) electrons. The maximum atomic E-state index is 6.25. The molecule has 1 aliphatic carbocycles. The Bertz CT molecular complexity index is 652. The minimum Gasteiger partial charge on any atom is -0.292 e. The summed E-state index contributed by atoms with van der Waals surface area (Å²) in [5, 5.41) is 0.869. The van der Waals surface area contributed by atoms with E-state index in [9.17, 15) is 0 Å². The molecular weight excluding hydrogens is 278 g/mol. The summed E-state index contributed by atoms with van der Waals surface area (Å²) in [7, 11) is 0. The molecule has 1 saturated heterocycles. The fourth-order valence-electron chi connectivity index (χ4n) is 4.31. The Morgan fingerprint density at radius 3 is 2.71 bits per heavy atom. The number of piperidine rings is 1. The molecule has 0 amide bonds. The van der Waals surface area contributed by atoms with Crippen molar-refractivity contribution in [2.45, 2.75) is 31.8 Å². The molecule has 4 rings (SSSR count). The average Bonchev–Trinajstić information content (AvgIpc) is 2.65. The summed E-state index contributed by atoms with van der Waals surface area (Å²) >= 11 is 6.25. The van der Waals surface area contributed by atoms with Gasteiger partial charge < -0.3 is 0 Å². The second kappa shape index (κ2) is 5.15. The molecule has 3 atom stereocenters. The summed E-state index contributed by atoms with van der Waals surface area (Å²) in [4.78, 5) is 2.64. The lowest BCUT2D eigenvalue weighted by Gasteiger charge is -2.38. The summed E-state index contributed by atoms with van der Waals surface area (Å²) < 4.78 is 0. The van der Waals surface area contributed by atoms with Gasteiger partial charge in [-0.15, -0.1) is 0 Å². The van der Waals surface area contributed by atoms with Crippen molar-refractivity contribution < 1.29 is 0 Å². The van der Waals surface area contributed by atoms with Crippen molar-refractivity contribution >= 4 is 11.6 Å². The summed E-state index contributed by atoms with van der Waals surface area (Å²) in [6.07, 6.45) is 1.26. The highest BCUT2D eigenvalue weighted by atomic mass is 35.5. The van der Waals surface area contributed by atoms with Gasteiger partial charge in [0, 0.05) is 17.6 Å². The molecule has 0 N–H and O–H groups in total. The Labute approximate surface area is 131 Å². The predicted molar refractivity (Wildman–Crippen MR) is 87.6 cm³/mol. The van der Waals surface area contributed by atoms with Crippen LogP contribution in [0, 0.1) is 5.92 Å². The van der Waals surface area contributed by atoms with Crippen molar-refractivity contribution in [1.82, 2.24) is 4.90 Å². The maximum absolute atomic E-state index is 6.25. The molecule has 2 aromatic rings. The molecule has 1 heterocycles. The summed E-state index contributed by atoms with van der Waals surface area (Å²) in [6.45, 7) is 4.62. The first kappa shape index (κ1) is 13.4. The molecule has 1 nitrogen and oxygen atoms in total. The number of halogens is 1. The quantitative estimate of drug-likeness (QED) is 0.752. The normalized spacial score (nSPS) is 27.6. The van der Waals surface area contributed by atoms with Crippen LogP contribution in [0.4, 0.5) is 0 Å². The highest BCUT2D eigenvalue weighted by molar-refractivity contribution is 6.30. The zero-order valence-electron chi connectivity index (χ0n) is 12.3. The average molecular weight is 298 g/mol. The van der Waals surface area contributed by atoms with E-state index in [1.54, 1.807) is 0 Å². The third-order valence-electron chi connectivity index (χ3n) is 5.25. The molecule has 1 fully saturated rings. The molecule has 2 aliphatic rings. The van der Waals surface area contributed by atoms with Gasteiger partial charge in [0.15, 0.2) is 0 Å². The van der Waals surface area contributed by atoms with Crippen molar-refractivity contribution in [2.75, 3.05) is 6.54 Å². The van der Waals surface area contributed by atoms with Crippen LogP contribution < -0.4 is 0 Å². The van der Waals surface area contributed by atoms with Crippen LogP contribution >= 0.6 is 11.6 Å². The third-order valence-corrected chi connectivity index (χ3v) is 5.48. The molecule has 108 valence electrons. The van der Waals surface area contributed by atoms with Crippen LogP contribution in [-0.4, -0.2) is 11.4 Å². The Hall–Kier alpha value is -1.31. The van der Waals surface area contributed by atoms with E-state index >= 15 is 0 Å². The smallest absolute Gasteiger partial charge is 0.0409 e. The molecule has 2 heteroatoms. The minimum atomic E-state index is 0.526. The van der Waals surface area contributed by atoms with Crippen LogP contribution in [0.2, 0.25) is 5.02 Å². The van der Waals surface area contributed by atoms with Crippen LogP contribution in [0.3, 0.4) is 0 Å². The Morgan fingerprint density at radius 1 is 1.10 bits per heavy atom. The van der Waals surface area contributed by atoms with Crippen molar-refractivity contribution in [3.63, 3.8) is 0 Å². The molecule has 0 spiro atoms. The van der Waals surface area contributed by atoms with Crippen LogP contribution in [0.5, 0.6) is 0 Å². The van der Waals surface area contributed by atoms with Crippen molar-refractivity contribution in [3.05, 3.63) is 70.2 Å². The maximum Gasteiger partial charge on any atom is 0.0409 e. The van der Waals surface area contributed by atoms with Gasteiger partial charge in [0.2, 0.25) is 0 Å². The van der Waals surface area contributed by atoms with E-state index in [4.69, 9.17) is 11.6 Å². The third kappa shape index (κ3) is 2.20. The standard InChI is InChI=1S/C19H20ClN/c1-13-16-9-10-21(12-14-5-3-2-4-6-14)19(13)18-11-15(20)7-8-17(16)18/h2-8,11,13,16,19H,9-10,12H2,1H3/t13-,16?,19?/m0/s1. The van der Waals surface area contributed by atoms with E-state index < -0.39 is 0 Å². The fraction of sp³-hybridized carbons (Fsp3) is 0.368. The van der Waals surface area contributed by atoms with Gasteiger partial charge in [-0.1, -0.05) is 54.9 Å². The van der Waals surface area contributed by atoms with Gasteiger partial charge in [-0.05, 0) is 53.6 Å². The molecular formula is C19H20ClN. The van der Waals surface area contributed by atoms with Gasteiger partial charge in [-0.25, -0.2) is 0 Å². The van der Waals surface area contributed by atoms with Crippen LogP contribution in [-0.2, 0) is 6.54 Å². The van der Waals surface area contributed by atoms with Gasteiger partial charge in [0.1, 0.15) is 0 Å². The predicted octanol–water partition coefficient (Wildman–Crippen LogP) is 5.02. The van der Waals surface area contributed by atoms with E-state index in [1.165, 1.54) is 29.7 Å². The van der Waals surface area contributed by atoms with Crippen LogP contribution in [0.15, 0.2) is 48.5 Å². The van der Waals surface area contributed by atoms with Crippen molar-refractivity contribution in [1.29, 1.82) is 0 Å². The zero-order chi connectivity index (χ0) is 14.4. The van der Waals surface area contributed by atoms with E-state index in [2.05, 4.69) is 60.4 Å². The highest BCUT2D eigenvalue weighted by Crippen LogP contribution is 2.53. The van der Waals surface area contributed by atoms with E-state index in [0.717, 1.165) is 11.6 Å². The van der Waals surface area contributed by atoms with Crippen LogP contribution in [0.25, 0.3) is 0 Å². The van der Waals surface area contributed by atoms with Gasteiger partial charge in [0.25, 0.3) is 0 Å². The first-order valence-corrected chi connectivity index (χ1v) is 8.19. The number of benzene rings is 2. The number of hydrogen-bond acceptors (Lipinski definition) is 1. The number of hydrogen-bond donors (Lipinski definition) is 0. The Kier molecular flexibility index (Phi) is 3.28. The van der Waals surface area contributed by atoms with Gasteiger partial charge >= 0.3 is 0 Å². The largest absolute Gasteiger partial charge is 0.292 e.